The number of nitro groups is 1. The van der Waals surface area contributed by atoms with Gasteiger partial charge in [-0.05, 0) is 25.1 Å². The third-order valence-electron chi connectivity index (χ3n) is 2.45. The maximum Gasteiger partial charge on any atom is 0.273 e. The van der Waals surface area contributed by atoms with E-state index in [-0.39, 0.29) is 5.69 Å². The summed E-state index contributed by atoms with van der Waals surface area (Å²) >= 11 is 0. The number of benzene rings is 1. The van der Waals surface area contributed by atoms with Gasteiger partial charge in [-0.2, -0.15) is 0 Å². The molecule has 0 bridgehead atoms. The summed E-state index contributed by atoms with van der Waals surface area (Å²) in [5.41, 5.74) is 0.498. The number of aliphatic hydroxyl groups is 1. The van der Waals surface area contributed by atoms with Crippen LogP contribution in [0.15, 0.2) is 42.6 Å². The molecule has 0 aliphatic heterocycles. The number of hydrogen-bond acceptors (Lipinski definition) is 5. The highest BCUT2D eigenvalue weighted by molar-refractivity contribution is 5.40. The van der Waals surface area contributed by atoms with E-state index >= 15 is 0 Å². The zero-order valence-electron chi connectivity index (χ0n) is 10.2. The van der Waals surface area contributed by atoms with Crippen LogP contribution in [0.4, 0.5) is 5.69 Å². The number of nitro benzene ring substituents is 1. The van der Waals surface area contributed by atoms with Crippen molar-refractivity contribution < 1.29 is 14.8 Å². The van der Waals surface area contributed by atoms with Crippen LogP contribution in [-0.4, -0.2) is 15.0 Å². The molecule has 0 saturated heterocycles. The van der Waals surface area contributed by atoms with Crippen molar-refractivity contribution in [1.82, 2.24) is 4.98 Å². The predicted octanol–water partition coefficient (Wildman–Crippen LogP) is 2.84. The molecule has 98 valence electrons. The third-order valence-corrected chi connectivity index (χ3v) is 2.45. The Morgan fingerprint density at radius 1 is 1.32 bits per heavy atom. The van der Waals surface area contributed by atoms with Crippen LogP contribution in [0.2, 0.25) is 0 Å². The lowest BCUT2D eigenvalue weighted by Crippen LogP contribution is -1.95. The summed E-state index contributed by atoms with van der Waals surface area (Å²) in [5, 5.41) is 20.0. The van der Waals surface area contributed by atoms with E-state index in [0.717, 1.165) is 0 Å². The predicted molar refractivity (Wildman–Crippen MR) is 68.0 cm³/mol. The summed E-state index contributed by atoms with van der Waals surface area (Å²) in [7, 11) is 0. The van der Waals surface area contributed by atoms with E-state index in [2.05, 4.69) is 4.98 Å². The molecule has 0 saturated carbocycles. The van der Waals surface area contributed by atoms with Crippen molar-refractivity contribution in [3.8, 4) is 11.5 Å². The summed E-state index contributed by atoms with van der Waals surface area (Å²) in [6.45, 7) is 1.61. The van der Waals surface area contributed by atoms with Crippen molar-refractivity contribution in [2.24, 2.45) is 0 Å². The summed E-state index contributed by atoms with van der Waals surface area (Å²) in [6.07, 6.45) is 0.813. The van der Waals surface area contributed by atoms with Crippen LogP contribution in [0, 0.1) is 10.1 Å². The minimum absolute atomic E-state index is 0.0361. The van der Waals surface area contributed by atoms with Crippen molar-refractivity contribution >= 4 is 5.69 Å². The van der Waals surface area contributed by atoms with E-state index in [1.807, 2.05) is 0 Å². The number of pyridine rings is 1. The molecule has 1 heterocycles. The molecule has 2 rings (SSSR count). The minimum Gasteiger partial charge on any atom is -0.455 e. The van der Waals surface area contributed by atoms with Crippen molar-refractivity contribution in [3.63, 3.8) is 0 Å². The molecule has 2 aromatic rings. The second kappa shape index (κ2) is 5.45. The molecular formula is C13H12N2O4. The molecular weight excluding hydrogens is 248 g/mol. The Hall–Kier alpha value is -2.47. The molecule has 0 spiro atoms. The molecule has 1 aromatic carbocycles. The topological polar surface area (TPSA) is 85.5 Å². The van der Waals surface area contributed by atoms with Gasteiger partial charge >= 0.3 is 0 Å². The number of aliphatic hydroxyl groups excluding tert-OH is 1. The van der Waals surface area contributed by atoms with Crippen molar-refractivity contribution in [1.29, 1.82) is 0 Å². The molecule has 0 aliphatic carbocycles. The molecule has 1 unspecified atom stereocenters. The van der Waals surface area contributed by atoms with E-state index < -0.39 is 11.0 Å². The first-order valence-electron chi connectivity index (χ1n) is 5.62. The summed E-state index contributed by atoms with van der Waals surface area (Å²) in [6, 6.07) is 9.18. The molecule has 1 N–H and O–H groups in total. The van der Waals surface area contributed by atoms with Gasteiger partial charge in [0.15, 0.2) is 0 Å². The van der Waals surface area contributed by atoms with E-state index in [0.29, 0.717) is 17.2 Å². The highest BCUT2D eigenvalue weighted by atomic mass is 16.6. The SMILES string of the molecule is CC(O)c1ccc(Oc2cccc([N+](=O)[O-])c2)cn1. The van der Waals surface area contributed by atoms with Crippen LogP contribution in [0.3, 0.4) is 0 Å². The zero-order valence-corrected chi connectivity index (χ0v) is 10.2. The number of hydrogen-bond donors (Lipinski definition) is 1. The lowest BCUT2D eigenvalue weighted by Gasteiger charge is -2.07. The normalized spacial score (nSPS) is 11.9. The highest BCUT2D eigenvalue weighted by Gasteiger charge is 2.08. The fourth-order valence-electron chi connectivity index (χ4n) is 1.50. The van der Waals surface area contributed by atoms with Crippen LogP contribution < -0.4 is 4.74 Å². The number of nitrogens with zero attached hydrogens (tertiary/aromatic N) is 2. The van der Waals surface area contributed by atoms with Crippen molar-refractivity contribution in [2.75, 3.05) is 0 Å². The van der Waals surface area contributed by atoms with Crippen molar-refractivity contribution in [3.05, 3.63) is 58.4 Å². The largest absolute Gasteiger partial charge is 0.455 e. The van der Waals surface area contributed by atoms with Crippen LogP contribution in [0.5, 0.6) is 11.5 Å². The van der Waals surface area contributed by atoms with Crippen LogP contribution in [-0.2, 0) is 0 Å². The highest BCUT2D eigenvalue weighted by Crippen LogP contribution is 2.25. The van der Waals surface area contributed by atoms with Gasteiger partial charge in [-0.3, -0.25) is 15.1 Å². The standard InChI is InChI=1S/C13H12N2O4/c1-9(16)13-6-5-12(8-14-13)19-11-4-2-3-10(7-11)15(17)18/h2-9,16H,1H3. The Morgan fingerprint density at radius 2 is 2.11 bits per heavy atom. The average molecular weight is 260 g/mol. The first-order chi connectivity index (χ1) is 9.06. The molecule has 19 heavy (non-hydrogen) atoms. The molecule has 6 nitrogen and oxygen atoms in total. The number of ether oxygens (including phenoxy) is 1. The summed E-state index contributed by atoms with van der Waals surface area (Å²) in [5.74, 6) is 0.811. The Labute approximate surface area is 109 Å². The van der Waals surface area contributed by atoms with Gasteiger partial charge in [-0.1, -0.05) is 6.07 Å². The maximum absolute atomic E-state index is 10.6. The summed E-state index contributed by atoms with van der Waals surface area (Å²) < 4.78 is 5.46. The molecule has 0 fully saturated rings. The minimum atomic E-state index is -0.646. The van der Waals surface area contributed by atoms with Crippen LogP contribution in [0.25, 0.3) is 0 Å². The Balaban J connectivity index is 2.16. The Morgan fingerprint density at radius 3 is 2.68 bits per heavy atom. The van der Waals surface area contributed by atoms with Gasteiger partial charge in [0.2, 0.25) is 0 Å². The molecule has 0 aliphatic rings. The summed E-state index contributed by atoms with van der Waals surface area (Å²) in [4.78, 5) is 14.2. The van der Waals surface area contributed by atoms with Gasteiger partial charge in [0.1, 0.15) is 11.5 Å². The molecule has 1 atom stereocenters. The quantitative estimate of drug-likeness (QED) is 0.674. The molecule has 6 heteroatoms. The van der Waals surface area contributed by atoms with Gasteiger partial charge < -0.3 is 9.84 Å². The third kappa shape index (κ3) is 3.26. The number of aromatic nitrogens is 1. The lowest BCUT2D eigenvalue weighted by molar-refractivity contribution is -0.384. The molecule has 0 amide bonds. The zero-order chi connectivity index (χ0) is 13.8. The van der Waals surface area contributed by atoms with E-state index in [9.17, 15) is 15.2 Å². The van der Waals surface area contributed by atoms with E-state index in [4.69, 9.17) is 4.74 Å². The van der Waals surface area contributed by atoms with Crippen LogP contribution in [0.1, 0.15) is 18.7 Å². The first kappa shape index (κ1) is 13.0. The van der Waals surface area contributed by atoms with Gasteiger partial charge in [-0.15, -0.1) is 0 Å². The Bertz CT molecular complexity index is 581. The molecule has 0 radical (unpaired) electrons. The first-order valence-corrected chi connectivity index (χ1v) is 5.62. The maximum atomic E-state index is 10.6. The fraction of sp³-hybridized carbons (Fsp3) is 0.154. The average Bonchev–Trinajstić information content (AvgIpc) is 2.39. The Kier molecular flexibility index (Phi) is 3.72. The monoisotopic (exact) mass is 260 g/mol. The second-order valence-corrected chi connectivity index (χ2v) is 3.95. The smallest absolute Gasteiger partial charge is 0.273 e. The van der Waals surface area contributed by atoms with Crippen LogP contribution >= 0.6 is 0 Å². The second-order valence-electron chi connectivity index (χ2n) is 3.95. The fourth-order valence-corrected chi connectivity index (χ4v) is 1.50. The van der Waals surface area contributed by atoms with Crippen molar-refractivity contribution in [2.45, 2.75) is 13.0 Å². The van der Waals surface area contributed by atoms with E-state index in [1.165, 1.54) is 18.3 Å². The van der Waals surface area contributed by atoms with Gasteiger partial charge in [0.05, 0.1) is 29.0 Å². The number of rotatable bonds is 4. The van der Waals surface area contributed by atoms with Gasteiger partial charge in [0.25, 0.3) is 5.69 Å². The number of non-ortho nitro benzene ring substituents is 1. The molecule has 1 aromatic heterocycles. The lowest BCUT2D eigenvalue weighted by atomic mass is 10.2. The van der Waals surface area contributed by atoms with E-state index in [1.54, 1.807) is 31.2 Å². The van der Waals surface area contributed by atoms with Gasteiger partial charge in [-0.25, -0.2) is 0 Å². The van der Waals surface area contributed by atoms with Gasteiger partial charge in [0, 0.05) is 6.07 Å².